The van der Waals surface area contributed by atoms with Crippen molar-refractivity contribution in [3.8, 4) is 22.6 Å². The fourth-order valence-corrected chi connectivity index (χ4v) is 3.39. The number of rotatable bonds is 7. The molecule has 170 valence electrons. The first-order valence-corrected chi connectivity index (χ1v) is 11.0. The Bertz CT molecular complexity index is 1330. The second-order valence-electron chi connectivity index (χ2n) is 8.17. The molecule has 4 rings (SSSR count). The van der Waals surface area contributed by atoms with E-state index in [1.165, 1.54) is 5.56 Å². The summed E-state index contributed by atoms with van der Waals surface area (Å²) in [6, 6.07) is 27.3. The first-order valence-electron chi connectivity index (χ1n) is 11.0. The Morgan fingerprint density at radius 3 is 1.82 bits per heavy atom. The average molecular weight is 451 g/mol. The van der Waals surface area contributed by atoms with E-state index in [-0.39, 0.29) is 0 Å². The van der Waals surface area contributed by atoms with Gasteiger partial charge in [0.25, 0.3) is 0 Å². The van der Waals surface area contributed by atoms with Gasteiger partial charge in [0.1, 0.15) is 0 Å². The summed E-state index contributed by atoms with van der Waals surface area (Å²) in [5.74, 6) is 1.28. The van der Waals surface area contributed by atoms with Crippen molar-refractivity contribution in [1.29, 1.82) is 0 Å². The van der Waals surface area contributed by atoms with Crippen LogP contribution in [0.15, 0.2) is 106 Å². The van der Waals surface area contributed by atoms with Crippen LogP contribution in [0.2, 0.25) is 0 Å². The number of aryl methyl sites for hydroxylation is 4. The number of hydrogen-bond donors (Lipinski definition) is 0. The molecule has 0 amide bonds. The van der Waals surface area contributed by atoms with Gasteiger partial charge in [-0.2, -0.15) is 0 Å². The third-order valence-corrected chi connectivity index (χ3v) is 5.36. The van der Waals surface area contributed by atoms with E-state index in [1.807, 2.05) is 107 Å². The van der Waals surface area contributed by atoms with Gasteiger partial charge in [0, 0.05) is 10.6 Å². The third kappa shape index (κ3) is 5.92. The molecule has 6 nitrogen and oxygen atoms in total. The van der Waals surface area contributed by atoms with Gasteiger partial charge < -0.3 is 9.68 Å². The van der Waals surface area contributed by atoms with Crippen molar-refractivity contribution in [2.45, 2.75) is 27.7 Å². The summed E-state index contributed by atoms with van der Waals surface area (Å²) in [5.41, 5.74) is 8.10. The summed E-state index contributed by atoms with van der Waals surface area (Å²) in [6.07, 6.45) is 0. The maximum atomic E-state index is 5.46. The Morgan fingerprint density at radius 1 is 0.529 bits per heavy atom. The van der Waals surface area contributed by atoms with Gasteiger partial charge in [-0.15, -0.1) is 10.2 Å². The molecule has 0 bridgehead atoms. The van der Waals surface area contributed by atoms with Crippen LogP contribution in [0, 0.1) is 27.7 Å². The van der Waals surface area contributed by atoms with Gasteiger partial charge in [0.05, 0.1) is 11.4 Å². The first-order chi connectivity index (χ1) is 16.5. The van der Waals surface area contributed by atoms with E-state index >= 15 is 0 Å². The minimum Gasteiger partial charge on any atom is -0.339 e. The van der Waals surface area contributed by atoms with Crippen LogP contribution in [0.3, 0.4) is 0 Å². The molecule has 0 aromatic heterocycles. The maximum absolute atomic E-state index is 5.46. The molecular formula is C28H26N4O2. The zero-order valence-corrected chi connectivity index (χ0v) is 19.7. The van der Waals surface area contributed by atoms with Crippen LogP contribution >= 0.6 is 0 Å². The Morgan fingerprint density at radius 2 is 1.15 bits per heavy atom. The lowest BCUT2D eigenvalue weighted by Crippen LogP contribution is -1.88. The van der Waals surface area contributed by atoms with Crippen molar-refractivity contribution in [1.82, 2.24) is 0 Å². The molecule has 0 saturated heterocycles. The van der Waals surface area contributed by atoms with Crippen LogP contribution in [0.25, 0.3) is 11.1 Å². The first kappa shape index (κ1) is 22.9. The molecule has 0 unspecified atom stereocenters. The summed E-state index contributed by atoms with van der Waals surface area (Å²) >= 11 is 0. The topological polar surface area (TPSA) is 67.9 Å². The van der Waals surface area contributed by atoms with Crippen molar-refractivity contribution < 1.29 is 9.68 Å². The van der Waals surface area contributed by atoms with Gasteiger partial charge in [-0.25, -0.2) is 0 Å². The summed E-state index contributed by atoms with van der Waals surface area (Å²) < 4.78 is 0. The molecule has 0 heterocycles. The smallest absolute Gasteiger partial charge is 0.160 e. The van der Waals surface area contributed by atoms with E-state index in [0.29, 0.717) is 11.5 Å². The van der Waals surface area contributed by atoms with Crippen LogP contribution in [-0.2, 0) is 0 Å². The fourth-order valence-electron chi connectivity index (χ4n) is 3.39. The lowest BCUT2D eigenvalue weighted by Gasteiger charge is -2.09. The molecule has 0 N–H and O–H groups in total. The van der Waals surface area contributed by atoms with Crippen molar-refractivity contribution in [3.63, 3.8) is 0 Å². The summed E-state index contributed by atoms with van der Waals surface area (Å²) in [4.78, 5) is 10.8. The monoisotopic (exact) mass is 450 g/mol. The van der Waals surface area contributed by atoms with Crippen LogP contribution in [0.5, 0.6) is 11.5 Å². The standard InChI is InChI=1S/C28H26N4O2/c1-19-5-10-24(11-6-19)29-31-34-26-14-15-27(21(3)18-26)23-9-16-28(22(4)17-23)30-32-33-25-12-7-20(2)8-13-25/h5-18H,1-4H3. The molecule has 0 aliphatic heterocycles. The van der Waals surface area contributed by atoms with Crippen molar-refractivity contribution in [2.75, 3.05) is 0 Å². The van der Waals surface area contributed by atoms with Gasteiger partial charge in [0.2, 0.25) is 0 Å². The Labute approximate surface area is 199 Å². The molecule has 34 heavy (non-hydrogen) atoms. The van der Waals surface area contributed by atoms with Crippen molar-refractivity contribution in [3.05, 3.63) is 107 Å². The molecule has 0 spiro atoms. The minimum absolute atomic E-state index is 0.632. The lowest BCUT2D eigenvalue weighted by atomic mass is 9.98. The van der Waals surface area contributed by atoms with Crippen LogP contribution < -0.4 is 9.68 Å². The fraction of sp³-hybridized carbons (Fsp3) is 0.143. The van der Waals surface area contributed by atoms with E-state index in [2.05, 4.69) is 26.8 Å². The highest BCUT2D eigenvalue weighted by atomic mass is 16.6. The summed E-state index contributed by atoms with van der Waals surface area (Å²) in [5, 5.41) is 16.0. The minimum atomic E-state index is 0.632. The molecule has 0 aliphatic carbocycles. The second kappa shape index (κ2) is 10.5. The number of nitrogens with zero attached hydrogens (tertiary/aromatic N) is 4. The number of hydrogen-bond acceptors (Lipinski definition) is 6. The van der Waals surface area contributed by atoms with Gasteiger partial charge in [-0.3, -0.25) is 0 Å². The van der Waals surface area contributed by atoms with Gasteiger partial charge in [0.15, 0.2) is 11.5 Å². The highest BCUT2D eigenvalue weighted by molar-refractivity contribution is 5.71. The Balaban J connectivity index is 1.42. The Hall–Kier alpha value is -4.32. The van der Waals surface area contributed by atoms with Crippen LogP contribution in [0.1, 0.15) is 22.3 Å². The third-order valence-electron chi connectivity index (χ3n) is 5.36. The van der Waals surface area contributed by atoms with E-state index in [1.54, 1.807) is 0 Å². The molecule has 4 aromatic carbocycles. The van der Waals surface area contributed by atoms with Crippen molar-refractivity contribution in [2.24, 2.45) is 20.8 Å². The van der Waals surface area contributed by atoms with Crippen molar-refractivity contribution >= 4 is 11.4 Å². The summed E-state index contributed by atoms with van der Waals surface area (Å²) in [7, 11) is 0. The molecule has 0 saturated carbocycles. The normalized spacial score (nSPS) is 11.3. The molecule has 0 aliphatic rings. The largest absolute Gasteiger partial charge is 0.339 e. The van der Waals surface area contributed by atoms with E-state index in [4.69, 9.17) is 9.68 Å². The van der Waals surface area contributed by atoms with E-state index < -0.39 is 0 Å². The lowest BCUT2D eigenvalue weighted by molar-refractivity contribution is 0.312. The quantitative estimate of drug-likeness (QED) is 0.209. The molecular weight excluding hydrogens is 424 g/mol. The SMILES string of the molecule is Cc1ccc(N=NOc2ccc(-c3ccc(N=NOc4ccc(C)cc4)c(C)c3)c(C)c2)cc1. The predicted molar refractivity (Wildman–Crippen MR) is 134 cm³/mol. The molecule has 4 aromatic rings. The molecule has 0 radical (unpaired) electrons. The zero-order valence-electron chi connectivity index (χ0n) is 19.7. The van der Waals surface area contributed by atoms with Gasteiger partial charge >= 0.3 is 0 Å². The summed E-state index contributed by atoms with van der Waals surface area (Å²) in [6.45, 7) is 8.10. The highest BCUT2D eigenvalue weighted by Crippen LogP contribution is 2.31. The van der Waals surface area contributed by atoms with Crippen LogP contribution in [-0.4, -0.2) is 0 Å². The molecule has 0 atom stereocenters. The zero-order chi connectivity index (χ0) is 23.9. The maximum Gasteiger partial charge on any atom is 0.160 e. The molecule has 6 heteroatoms. The number of benzene rings is 4. The highest BCUT2D eigenvalue weighted by Gasteiger charge is 2.07. The molecule has 0 fully saturated rings. The Kier molecular flexibility index (Phi) is 7.08. The van der Waals surface area contributed by atoms with E-state index in [9.17, 15) is 0 Å². The van der Waals surface area contributed by atoms with E-state index in [0.717, 1.165) is 39.2 Å². The predicted octanol–water partition coefficient (Wildman–Crippen LogP) is 8.74. The van der Waals surface area contributed by atoms with Crippen LogP contribution in [0.4, 0.5) is 11.4 Å². The average Bonchev–Trinajstić information content (AvgIpc) is 2.83. The second-order valence-corrected chi connectivity index (χ2v) is 8.17. The van der Waals surface area contributed by atoms with Gasteiger partial charge in [-0.1, -0.05) is 47.5 Å². The van der Waals surface area contributed by atoms with Gasteiger partial charge in [-0.05, 0) is 98.5 Å².